The average Bonchev–Trinajstić information content (AvgIpc) is 2.91. The van der Waals surface area contributed by atoms with E-state index in [0.717, 1.165) is 41.3 Å². The van der Waals surface area contributed by atoms with Crippen LogP contribution in [0.4, 0.5) is 0 Å². The molecule has 3 heterocycles. The zero-order valence-corrected chi connectivity index (χ0v) is 14.2. The summed E-state index contributed by atoms with van der Waals surface area (Å²) < 4.78 is 1.92. The van der Waals surface area contributed by atoms with Gasteiger partial charge in [-0.25, -0.2) is 9.50 Å². The number of hydrogen-bond donors (Lipinski definition) is 0. The third-order valence-corrected chi connectivity index (χ3v) is 4.25. The van der Waals surface area contributed by atoms with Gasteiger partial charge in [-0.05, 0) is 46.0 Å². The van der Waals surface area contributed by atoms with Crippen molar-refractivity contribution in [3.8, 4) is 0 Å². The molecule has 0 aromatic carbocycles. The summed E-state index contributed by atoms with van der Waals surface area (Å²) in [7, 11) is 2.14. The zero-order chi connectivity index (χ0) is 16.4. The summed E-state index contributed by atoms with van der Waals surface area (Å²) in [6.45, 7) is 7.14. The van der Waals surface area contributed by atoms with Crippen LogP contribution in [-0.2, 0) is 13.0 Å². The predicted octanol–water partition coefficient (Wildman–Crippen LogP) is 2.80. The number of rotatable bonds is 5. The summed E-state index contributed by atoms with van der Waals surface area (Å²) in [6.07, 6.45) is 4.71. The van der Waals surface area contributed by atoms with E-state index in [0.29, 0.717) is 6.04 Å². The minimum Gasteiger partial charge on any atom is -0.299 e. The molecule has 23 heavy (non-hydrogen) atoms. The molecule has 0 bridgehead atoms. The van der Waals surface area contributed by atoms with E-state index in [1.165, 1.54) is 0 Å². The molecule has 0 aliphatic rings. The second-order valence-corrected chi connectivity index (χ2v) is 6.23. The van der Waals surface area contributed by atoms with Gasteiger partial charge in [-0.2, -0.15) is 5.10 Å². The fourth-order valence-electron chi connectivity index (χ4n) is 2.83. The molecule has 3 aromatic heterocycles. The van der Waals surface area contributed by atoms with Crippen LogP contribution in [0.2, 0.25) is 0 Å². The third kappa shape index (κ3) is 3.40. The zero-order valence-electron chi connectivity index (χ0n) is 14.2. The van der Waals surface area contributed by atoms with Gasteiger partial charge < -0.3 is 0 Å². The van der Waals surface area contributed by atoms with E-state index < -0.39 is 0 Å². The summed E-state index contributed by atoms with van der Waals surface area (Å²) in [5, 5.41) is 4.47. The quantitative estimate of drug-likeness (QED) is 0.727. The van der Waals surface area contributed by atoms with E-state index in [-0.39, 0.29) is 0 Å². The molecule has 0 saturated carbocycles. The number of likely N-dealkylation sites (N-methyl/N-ethyl adjacent to an activating group) is 1. The lowest BCUT2D eigenvalue weighted by atomic mass is 10.1. The number of hydrogen-bond acceptors (Lipinski definition) is 4. The number of nitrogens with zero attached hydrogens (tertiary/aromatic N) is 5. The smallest absolute Gasteiger partial charge is 0.159 e. The molecule has 0 amide bonds. The van der Waals surface area contributed by atoms with Crippen LogP contribution >= 0.6 is 0 Å². The molecule has 0 saturated heterocycles. The van der Waals surface area contributed by atoms with Crippen molar-refractivity contribution in [3.05, 3.63) is 59.3 Å². The third-order valence-electron chi connectivity index (χ3n) is 4.25. The first-order valence-corrected chi connectivity index (χ1v) is 7.95. The molecule has 1 atom stereocenters. The highest BCUT2D eigenvalue weighted by atomic mass is 15.3. The largest absolute Gasteiger partial charge is 0.299 e. The van der Waals surface area contributed by atoms with Gasteiger partial charge in [0.15, 0.2) is 5.65 Å². The van der Waals surface area contributed by atoms with Crippen molar-refractivity contribution >= 4 is 5.65 Å². The predicted molar refractivity (Wildman–Crippen MR) is 91.3 cm³/mol. The van der Waals surface area contributed by atoms with E-state index in [1.807, 2.05) is 36.0 Å². The Morgan fingerprint density at radius 1 is 1.26 bits per heavy atom. The van der Waals surface area contributed by atoms with E-state index in [2.05, 4.69) is 53.0 Å². The molecule has 3 rings (SSSR count). The van der Waals surface area contributed by atoms with Crippen LogP contribution < -0.4 is 0 Å². The van der Waals surface area contributed by atoms with Gasteiger partial charge in [-0.3, -0.25) is 9.88 Å². The summed E-state index contributed by atoms with van der Waals surface area (Å²) in [6, 6.07) is 8.51. The van der Waals surface area contributed by atoms with Crippen LogP contribution in [0.25, 0.3) is 5.65 Å². The standard InChI is InChI=1S/C18H23N5/c1-13-9-15(3)23-18(21-13)16(11-20-23)12-22(4)14(2)10-17-7-5-6-8-19-17/h5-9,11,14H,10,12H2,1-4H3/t14-/m0/s1. The normalized spacial score (nSPS) is 12.9. The Morgan fingerprint density at radius 2 is 2.09 bits per heavy atom. The molecule has 120 valence electrons. The first-order valence-electron chi connectivity index (χ1n) is 7.95. The van der Waals surface area contributed by atoms with Crippen molar-refractivity contribution in [2.24, 2.45) is 0 Å². The topological polar surface area (TPSA) is 46.3 Å². The Morgan fingerprint density at radius 3 is 2.83 bits per heavy atom. The molecular formula is C18H23N5. The Kier molecular flexibility index (Phi) is 4.39. The van der Waals surface area contributed by atoms with Crippen LogP contribution in [0.15, 0.2) is 36.7 Å². The molecule has 0 N–H and O–H groups in total. The first-order chi connectivity index (χ1) is 11.0. The maximum Gasteiger partial charge on any atom is 0.159 e. The summed E-state index contributed by atoms with van der Waals surface area (Å²) in [5.74, 6) is 0. The van der Waals surface area contributed by atoms with Gasteiger partial charge in [-0.15, -0.1) is 0 Å². The Hall–Kier alpha value is -2.27. The SMILES string of the molecule is Cc1cc(C)n2ncc(CN(C)[C@@H](C)Cc3ccccn3)c2n1. The molecule has 0 spiro atoms. The fourth-order valence-corrected chi connectivity index (χ4v) is 2.83. The molecule has 0 radical (unpaired) electrons. The number of aryl methyl sites for hydroxylation is 2. The van der Waals surface area contributed by atoms with E-state index >= 15 is 0 Å². The molecule has 0 aliphatic carbocycles. The maximum atomic E-state index is 4.65. The van der Waals surface area contributed by atoms with Gasteiger partial charge in [0, 0.05) is 47.8 Å². The number of fused-ring (bicyclic) bond motifs is 1. The van der Waals surface area contributed by atoms with Crippen molar-refractivity contribution in [2.45, 2.75) is 39.8 Å². The van der Waals surface area contributed by atoms with Gasteiger partial charge in [0.25, 0.3) is 0 Å². The molecule has 0 aliphatic heterocycles. The van der Waals surface area contributed by atoms with E-state index in [4.69, 9.17) is 0 Å². The lowest BCUT2D eigenvalue weighted by Crippen LogP contribution is -2.30. The van der Waals surface area contributed by atoms with Crippen LogP contribution in [0.5, 0.6) is 0 Å². The minimum absolute atomic E-state index is 0.394. The Balaban J connectivity index is 1.76. The first kappa shape index (κ1) is 15.6. The molecule has 5 heteroatoms. The van der Waals surface area contributed by atoms with Crippen molar-refractivity contribution in [1.29, 1.82) is 0 Å². The molecule has 5 nitrogen and oxygen atoms in total. The van der Waals surface area contributed by atoms with Gasteiger partial charge in [0.1, 0.15) is 0 Å². The number of pyridine rings is 1. The highest BCUT2D eigenvalue weighted by Gasteiger charge is 2.15. The highest BCUT2D eigenvalue weighted by Crippen LogP contribution is 2.15. The Labute approximate surface area is 137 Å². The van der Waals surface area contributed by atoms with Crippen LogP contribution in [0.1, 0.15) is 29.6 Å². The van der Waals surface area contributed by atoms with Crippen molar-refractivity contribution in [3.63, 3.8) is 0 Å². The second-order valence-electron chi connectivity index (χ2n) is 6.23. The second kappa shape index (κ2) is 6.46. The van der Waals surface area contributed by atoms with Gasteiger partial charge >= 0.3 is 0 Å². The highest BCUT2D eigenvalue weighted by molar-refractivity contribution is 5.47. The van der Waals surface area contributed by atoms with E-state index in [9.17, 15) is 0 Å². The van der Waals surface area contributed by atoms with Crippen LogP contribution in [0.3, 0.4) is 0 Å². The van der Waals surface area contributed by atoms with Gasteiger partial charge in [0.2, 0.25) is 0 Å². The van der Waals surface area contributed by atoms with E-state index in [1.54, 1.807) is 0 Å². The van der Waals surface area contributed by atoms with Crippen molar-refractivity contribution in [1.82, 2.24) is 24.5 Å². The van der Waals surface area contributed by atoms with Gasteiger partial charge in [-0.1, -0.05) is 6.07 Å². The van der Waals surface area contributed by atoms with Crippen molar-refractivity contribution in [2.75, 3.05) is 7.05 Å². The average molecular weight is 309 g/mol. The number of aromatic nitrogens is 4. The summed E-state index contributed by atoms with van der Waals surface area (Å²) >= 11 is 0. The van der Waals surface area contributed by atoms with Crippen LogP contribution in [-0.4, -0.2) is 37.6 Å². The lowest BCUT2D eigenvalue weighted by Gasteiger charge is -2.24. The maximum absolute atomic E-state index is 4.65. The Bertz CT molecular complexity index is 794. The van der Waals surface area contributed by atoms with Crippen molar-refractivity contribution < 1.29 is 0 Å². The monoisotopic (exact) mass is 309 g/mol. The molecule has 0 unspecified atom stereocenters. The molecular weight excluding hydrogens is 286 g/mol. The minimum atomic E-state index is 0.394. The van der Waals surface area contributed by atoms with Gasteiger partial charge in [0.05, 0.1) is 6.20 Å². The summed E-state index contributed by atoms with van der Waals surface area (Å²) in [4.78, 5) is 11.4. The summed E-state index contributed by atoms with van der Waals surface area (Å²) in [5.41, 5.74) is 5.38. The molecule has 3 aromatic rings. The fraction of sp³-hybridized carbons (Fsp3) is 0.389. The van der Waals surface area contributed by atoms with Crippen LogP contribution in [0, 0.1) is 13.8 Å². The molecule has 0 fully saturated rings. The lowest BCUT2D eigenvalue weighted by molar-refractivity contribution is 0.247.